The smallest absolute Gasteiger partial charge is 0.329 e. The number of rotatable bonds is 5. The summed E-state index contributed by atoms with van der Waals surface area (Å²) >= 11 is 0. The first kappa shape index (κ1) is 15.5. The van der Waals surface area contributed by atoms with Crippen LogP contribution in [-0.4, -0.2) is 13.1 Å². The van der Waals surface area contributed by atoms with Crippen LogP contribution in [0, 0.1) is 11.8 Å². The number of benzene rings is 1. The molecule has 0 aliphatic rings. The van der Waals surface area contributed by atoms with Crippen LogP contribution in [0.25, 0.3) is 0 Å². The van der Waals surface area contributed by atoms with Crippen molar-refractivity contribution in [3.05, 3.63) is 35.4 Å². The lowest BCUT2D eigenvalue weighted by atomic mass is 10.00. The van der Waals surface area contributed by atoms with Crippen LogP contribution in [-0.2, 0) is 6.18 Å². The topological polar surface area (TPSA) is 38.0 Å². The van der Waals surface area contributed by atoms with Gasteiger partial charge in [0.2, 0.25) is 0 Å². The molecule has 0 fully saturated rings. The fourth-order valence-electron chi connectivity index (χ4n) is 1.81. The number of nitrogens with two attached hydrogens (primary N) is 1. The molecular formula is C14H17F3N2. The summed E-state index contributed by atoms with van der Waals surface area (Å²) in [7, 11) is 0. The van der Waals surface area contributed by atoms with Crippen molar-refractivity contribution in [2.75, 3.05) is 13.1 Å². The number of halogens is 3. The number of nitrogens with one attached hydrogen (secondary N) is 1. The highest BCUT2D eigenvalue weighted by molar-refractivity contribution is 5.32. The average molecular weight is 270 g/mol. The molecule has 0 aromatic heterocycles. The van der Waals surface area contributed by atoms with E-state index in [2.05, 4.69) is 17.2 Å². The number of hydrogen-bond donors (Lipinski definition) is 2. The molecule has 1 atom stereocenters. The van der Waals surface area contributed by atoms with E-state index in [1.54, 1.807) is 13.0 Å². The van der Waals surface area contributed by atoms with Gasteiger partial charge in [-0.25, -0.2) is 0 Å². The Morgan fingerprint density at radius 1 is 1.32 bits per heavy atom. The Hall–Kier alpha value is -1.51. The summed E-state index contributed by atoms with van der Waals surface area (Å²) in [6.45, 7) is 2.33. The van der Waals surface area contributed by atoms with Gasteiger partial charge in [-0.1, -0.05) is 18.2 Å². The molecule has 0 spiro atoms. The highest BCUT2D eigenvalue weighted by Crippen LogP contribution is 2.34. The normalized spacial score (nSPS) is 12.7. The monoisotopic (exact) mass is 270 g/mol. The van der Waals surface area contributed by atoms with Gasteiger partial charge in [0.1, 0.15) is 0 Å². The molecule has 0 aliphatic heterocycles. The summed E-state index contributed by atoms with van der Waals surface area (Å²) in [5.41, 5.74) is 5.11. The second-order valence-electron chi connectivity index (χ2n) is 4.00. The van der Waals surface area contributed by atoms with Gasteiger partial charge in [0.05, 0.1) is 5.56 Å². The lowest BCUT2D eigenvalue weighted by Gasteiger charge is -2.21. The van der Waals surface area contributed by atoms with Gasteiger partial charge < -0.3 is 11.1 Å². The molecule has 1 rings (SSSR count). The van der Waals surface area contributed by atoms with Crippen molar-refractivity contribution in [3.63, 3.8) is 0 Å². The summed E-state index contributed by atoms with van der Waals surface area (Å²) in [6, 6.07) is 4.98. The second kappa shape index (κ2) is 7.17. The van der Waals surface area contributed by atoms with Crippen LogP contribution in [0.4, 0.5) is 13.2 Å². The first-order chi connectivity index (χ1) is 9.00. The van der Waals surface area contributed by atoms with Crippen molar-refractivity contribution in [1.82, 2.24) is 5.32 Å². The highest BCUT2D eigenvalue weighted by atomic mass is 19.4. The van der Waals surface area contributed by atoms with E-state index in [0.717, 1.165) is 6.07 Å². The third-order valence-electron chi connectivity index (χ3n) is 2.69. The van der Waals surface area contributed by atoms with Gasteiger partial charge in [0, 0.05) is 25.6 Å². The lowest BCUT2D eigenvalue weighted by Crippen LogP contribution is -2.30. The fraction of sp³-hybridized carbons (Fsp3) is 0.429. The van der Waals surface area contributed by atoms with Gasteiger partial charge >= 0.3 is 6.18 Å². The quantitative estimate of drug-likeness (QED) is 0.637. The number of hydrogen-bond acceptors (Lipinski definition) is 2. The maximum absolute atomic E-state index is 12.9. The SMILES string of the molecule is CC#CCCNC(CN)c1ccccc1C(F)(F)F. The Bertz CT molecular complexity index is 458. The van der Waals surface area contributed by atoms with E-state index in [4.69, 9.17) is 5.73 Å². The van der Waals surface area contributed by atoms with E-state index in [-0.39, 0.29) is 12.1 Å². The molecule has 19 heavy (non-hydrogen) atoms. The summed E-state index contributed by atoms with van der Waals surface area (Å²) < 4.78 is 38.7. The molecule has 0 amide bonds. The lowest BCUT2D eigenvalue weighted by molar-refractivity contribution is -0.138. The third kappa shape index (κ3) is 4.58. The van der Waals surface area contributed by atoms with Crippen LogP contribution < -0.4 is 11.1 Å². The minimum Gasteiger partial charge on any atom is -0.329 e. The maximum Gasteiger partial charge on any atom is 0.416 e. The fourth-order valence-corrected chi connectivity index (χ4v) is 1.81. The van der Waals surface area contributed by atoms with Crippen molar-refractivity contribution in [3.8, 4) is 11.8 Å². The zero-order chi connectivity index (χ0) is 14.3. The first-order valence-electron chi connectivity index (χ1n) is 6.00. The third-order valence-corrected chi connectivity index (χ3v) is 2.69. The Kier molecular flexibility index (Phi) is 5.87. The van der Waals surface area contributed by atoms with Gasteiger partial charge in [-0.2, -0.15) is 13.2 Å². The van der Waals surface area contributed by atoms with Crippen molar-refractivity contribution in [1.29, 1.82) is 0 Å². The molecule has 0 heterocycles. The van der Waals surface area contributed by atoms with E-state index >= 15 is 0 Å². The van der Waals surface area contributed by atoms with Crippen LogP contribution >= 0.6 is 0 Å². The Labute approximate surface area is 111 Å². The van der Waals surface area contributed by atoms with Crippen LogP contribution in [0.3, 0.4) is 0 Å². The Morgan fingerprint density at radius 2 is 2.00 bits per heavy atom. The van der Waals surface area contributed by atoms with Crippen molar-refractivity contribution in [2.45, 2.75) is 25.6 Å². The van der Waals surface area contributed by atoms with Crippen molar-refractivity contribution >= 4 is 0 Å². The maximum atomic E-state index is 12.9. The average Bonchev–Trinajstić information content (AvgIpc) is 2.38. The summed E-state index contributed by atoms with van der Waals surface area (Å²) in [4.78, 5) is 0. The molecule has 3 N–H and O–H groups in total. The van der Waals surface area contributed by atoms with Crippen LogP contribution in [0.5, 0.6) is 0 Å². The van der Waals surface area contributed by atoms with E-state index < -0.39 is 17.8 Å². The molecule has 0 radical (unpaired) electrons. The molecule has 2 nitrogen and oxygen atoms in total. The zero-order valence-electron chi connectivity index (χ0n) is 10.7. The second-order valence-corrected chi connectivity index (χ2v) is 4.00. The summed E-state index contributed by atoms with van der Waals surface area (Å²) in [6.07, 6.45) is -3.78. The molecule has 0 aliphatic carbocycles. The highest BCUT2D eigenvalue weighted by Gasteiger charge is 2.34. The number of alkyl halides is 3. The van der Waals surface area contributed by atoms with Crippen LogP contribution in [0.15, 0.2) is 24.3 Å². The van der Waals surface area contributed by atoms with E-state index in [9.17, 15) is 13.2 Å². The molecule has 1 aromatic rings. The molecule has 1 aromatic carbocycles. The zero-order valence-corrected chi connectivity index (χ0v) is 10.7. The standard InChI is InChI=1S/C14H17F3N2/c1-2-3-6-9-19-13(10-18)11-7-4-5-8-12(11)14(15,16)17/h4-5,7-8,13,19H,6,9-10,18H2,1H3. The van der Waals surface area contributed by atoms with Gasteiger partial charge in [-0.3, -0.25) is 0 Å². The van der Waals surface area contributed by atoms with E-state index in [0.29, 0.717) is 13.0 Å². The van der Waals surface area contributed by atoms with Crippen molar-refractivity contribution in [2.24, 2.45) is 5.73 Å². The largest absolute Gasteiger partial charge is 0.416 e. The molecule has 1 unspecified atom stereocenters. The van der Waals surface area contributed by atoms with Crippen LogP contribution in [0.1, 0.15) is 30.5 Å². The minimum atomic E-state index is -4.37. The molecular weight excluding hydrogens is 253 g/mol. The first-order valence-corrected chi connectivity index (χ1v) is 6.00. The summed E-state index contributed by atoms with van der Waals surface area (Å²) in [5, 5.41) is 3.01. The van der Waals surface area contributed by atoms with Gasteiger partial charge in [-0.15, -0.1) is 11.8 Å². The van der Waals surface area contributed by atoms with E-state index in [1.807, 2.05) is 0 Å². The Morgan fingerprint density at radius 3 is 2.58 bits per heavy atom. The minimum absolute atomic E-state index is 0.104. The van der Waals surface area contributed by atoms with Gasteiger partial charge in [-0.05, 0) is 18.6 Å². The molecule has 0 saturated heterocycles. The predicted molar refractivity (Wildman–Crippen MR) is 69.3 cm³/mol. The molecule has 104 valence electrons. The van der Waals surface area contributed by atoms with Crippen molar-refractivity contribution < 1.29 is 13.2 Å². The van der Waals surface area contributed by atoms with Gasteiger partial charge in [0.15, 0.2) is 0 Å². The predicted octanol–water partition coefficient (Wildman–Crippen LogP) is 2.71. The van der Waals surface area contributed by atoms with E-state index in [1.165, 1.54) is 12.1 Å². The summed E-state index contributed by atoms with van der Waals surface area (Å²) in [5.74, 6) is 5.58. The van der Waals surface area contributed by atoms with Crippen LogP contribution in [0.2, 0.25) is 0 Å². The molecule has 5 heteroatoms. The Balaban J connectivity index is 2.88. The van der Waals surface area contributed by atoms with Gasteiger partial charge in [0.25, 0.3) is 0 Å². The molecule has 0 saturated carbocycles. The molecule has 0 bridgehead atoms.